The molecule has 0 radical (unpaired) electrons. The summed E-state index contributed by atoms with van der Waals surface area (Å²) in [6.07, 6.45) is 0. The predicted octanol–water partition coefficient (Wildman–Crippen LogP) is 1.05. The molecule has 1 aromatic rings. The summed E-state index contributed by atoms with van der Waals surface area (Å²) >= 11 is 3.18. The molecule has 104 valence electrons. The van der Waals surface area contributed by atoms with Crippen molar-refractivity contribution in [3.63, 3.8) is 0 Å². The van der Waals surface area contributed by atoms with Gasteiger partial charge < -0.3 is 14.6 Å². The third kappa shape index (κ3) is 3.51. The number of benzene rings is 1. The number of aliphatic carboxylic acids is 1. The fraction of sp³-hybridized carbons (Fsp3) is 0.300. The van der Waals surface area contributed by atoms with E-state index in [1.807, 2.05) is 0 Å². The molecule has 1 heterocycles. The van der Waals surface area contributed by atoms with Crippen molar-refractivity contribution in [2.45, 2.75) is 0 Å². The van der Waals surface area contributed by atoms with Crippen LogP contribution in [0.25, 0.3) is 0 Å². The summed E-state index contributed by atoms with van der Waals surface area (Å²) in [6, 6.07) is 3.01. The van der Waals surface area contributed by atoms with E-state index in [9.17, 15) is 13.2 Å². The first-order chi connectivity index (χ1) is 8.87. The number of fused-ring (bicyclic) bond motifs is 1. The highest BCUT2D eigenvalue weighted by Gasteiger charge is 2.20. The van der Waals surface area contributed by atoms with Gasteiger partial charge in [0.15, 0.2) is 17.3 Å². The maximum atomic E-state index is 11.5. The topological polar surface area (TPSA) is 102 Å². The molecule has 1 aliphatic heterocycles. The smallest absolute Gasteiger partial charge is 0.320 e. The Morgan fingerprint density at radius 2 is 1.89 bits per heavy atom. The zero-order valence-electron chi connectivity index (χ0n) is 9.55. The quantitative estimate of drug-likeness (QED) is 0.840. The number of carboxylic acid groups (broad SMARTS) is 1. The maximum Gasteiger partial charge on any atom is 0.320 e. The summed E-state index contributed by atoms with van der Waals surface area (Å²) in [7, 11) is -3.96. The van der Waals surface area contributed by atoms with E-state index in [0.717, 1.165) is 0 Å². The molecule has 0 atom stereocenters. The van der Waals surface area contributed by atoms with Crippen molar-refractivity contribution in [2.75, 3.05) is 23.7 Å². The van der Waals surface area contributed by atoms with Crippen molar-refractivity contribution in [1.29, 1.82) is 0 Å². The van der Waals surface area contributed by atoms with Gasteiger partial charge in [0, 0.05) is 16.6 Å². The fourth-order valence-electron chi connectivity index (χ4n) is 1.51. The molecule has 0 saturated carbocycles. The molecule has 0 bridgehead atoms. The summed E-state index contributed by atoms with van der Waals surface area (Å²) in [5, 5.41) is 8.51. The molecule has 0 aromatic heterocycles. The molecule has 1 aromatic carbocycles. The van der Waals surface area contributed by atoms with Crippen LogP contribution < -0.4 is 14.2 Å². The van der Waals surface area contributed by atoms with E-state index >= 15 is 0 Å². The Labute approximate surface area is 117 Å². The van der Waals surface area contributed by atoms with Crippen LogP contribution in [0.1, 0.15) is 0 Å². The SMILES string of the molecule is O=C(O)CS(=O)(=O)Nc1cc2c(cc1Br)OCCO2. The summed E-state index contributed by atoms with van der Waals surface area (Å²) in [6.45, 7) is 0.791. The Kier molecular flexibility index (Phi) is 3.85. The number of carboxylic acids is 1. The monoisotopic (exact) mass is 351 g/mol. The maximum absolute atomic E-state index is 11.5. The van der Waals surface area contributed by atoms with Crippen LogP contribution >= 0.6 is 15.9 Å². The second-order valence-electron chi connectivity index (χ2n) is 3.73. The first kappa shape index (κ1) is 13.9. The van der Waals surface area contributed by atoms with E-state index in [4.69, 9.17) is 14.6 Å². The third-order valence-electron chi connectivity index (χ3n) is 2.21. The van der Waals surface area contributed by atoms with Crippen LogP contribution in [0.15, 0.2) is 16.6 Å². The number of hydrogen-bond acceptors (Lipinski definition) is 5. The number of carbonyl (C=O) groups is 1. The number of ether oxygens (including phenoxy) is 2. The molecule has 0 unspecified atom stereocenters. The molecule has 0 saturated heterocycles. The molecule has 7 nitrogen and oxygen atoms in total. The Bertz CT molecular complexity index is 615. The second-order valence-corrected chi connectivity index (χ2v) is 6.31. The summed E-state index contributed by atoms with van der Waals surface area (Å²) < 4.78 is 36.3. The number of anilines is 1. The Morgan fingerprint density at radius 3 is 2.47 bits per heavy atom. The molecule has 0 fully saturated rings. The molecule has 0 aliphatic carbocycles. The summed E-state index contributed by atoms with van der Waals surface area (Å²) in [5.41, 5.74) is 0.200. The Morgan fingerprint density at radius 1 is 1.32 bits per heavy atom. The number of rotatable bonds is 4. The molecule has 2 rings (SSSR count). The average molecular weight is 352 g/mol. The standard InChI is InChI=1S/C10H10BrNO6S/c11-6-3-8-9(18-2-1-17-8)4-7(6)12-19(15,16)5-10(13)14/h3-4,12H,1-2,5H2,(H,13,14). The van der Waals surface area contributed by atoms with Gasteiger partial charge in [-0.3, -0.25) is 9.52 Å². The zero-order chi connectivity index (χ0) is 14.0. The van der Waals surface area contributed by atoms with Gasteiger partial charge in [-0.15, -0.1) is 0 Å². The van der Waals surface area contributed by atoms with Gasteiger partial charge in [-0.2, -0.15) is 0 Å². The van der Waals surface area contributed by atoms with Crippen LogP contribution in [0, 0.1) is 0 Å². The molecule has 9 heteroatoms. The predicted molar refractivity (Wildman–Crippen MR) is 70.2 cm³/mol. The first-order valence-corrected chi connectivity index (χ1v) is 7.63. The van der Waals surface area contributed by atoms with Crippen molar-refractivity contribution in [3.05, 3.63) is 16.6 Å². The highest BCUT2D eigenvalue weighted by molar-refractivity contribution is 9.10. The van der Waals surface area contributed by atoms with Crippen molar-refractivity contribution < 1.29 is 27.8 Å². The highest BCUT2D eigenvalue weighted by atomic mass is 79.9. The molecule has 0 amide bonds. The normalized spacial score (nSPS) is 13.9. The van der Waals surface area contributed by atoms with E-state index in [0.29, 0.717) is 29.2 Å². The highest BCUT2D eigenvalue weighted by Crippen LogP contribution is 2.38. The lowest BCUT2D eigenvalue weighted by atomic mass is 10.2. The van der Waals surface area contributed by atoms with E-state index < -0.39 is 21.7 Å². The minimum Gasteiger partial charge on any atom is -0.486 e. The van der Waals surface area contributed by atoms with Crippen LogP contribution in [0.2, 0.25) is 0 Å². The molecular formula is C10H10BrNO6S. The molecule has 2 N–H and O–H groups in total. The van der Waals surface area contributed by atoms with Gasteiger partial charge in [0.1, 0.15) is 13.2 Å². The minimum atomic E-state index is -3.96. The number of hydrogen-bond donors (Lipinski definition) is 2. The largest absolute Gasteiger partial charge is 0.486 e. The van der Waals surface area contributed by atoms with Gasteiger partial charge in [-0.1, -0.05) is 0 Å². The second kappa shape index (κ2) is 5.25. The number of nitrogens with one attached hydrogen (secondary N) is 1. The van der Waals surface area contributed by atoms with Gasteiger partial charge in [0.05, 0.1) is 5.69 Å². The lowest BCUT2D eigenvalue weighted by Gasteiger charge is -2.20. The van der Waals surface area contributed by atoms with E-state index in [2.05, 4.69) is 20.7 Å². The average Bonchev–Trinajstić information content (AvgIpc) is 2.27. The molecular weight excluding hydrogens is 342 g/mol. The van der Waals surface area contributed by atoms with Crippen LogP contribution in [0.4, 0.5) is 5.69 Å². The molecule has 0 spiro atoms. The van der Waals surface area contributed by atoms with Crippen molar-refractivity contribution in [1.82, 2.24) is 0 Å². The Hall–Kier alpha value is -1.48. The van der Waals surface area contributed by atoms with E-state index in [1.165, 1.54) is 6.07 Å². The van der Waals surface area contributed by atoms with E-state index in [1.54, 1.807) is 6.07 Å². The van der Waals surface area contributed by atoms with Gasteiger partial charge in [-0.05, 0) is 15.9 Å². The number of halogens is 1. The van der Waals surface area contributed by atoms with Crippen molar-refractivity contribution >= 4 is 37.6 Å². The van der Waals surface area contributed by atoms with Crippen LogP contribution in [0.3, 0.4) is 0 Å². The Balaban J connectivity index is 2.28. The molecule has 19 heavy (non-hydrogen) atoms. The lowest BCUT2D eigenvalue weighted by molar-refractivity contribution is -0.134. The van der Waals surface area contributed by atoms with Gasteiger partial charge in [0.25, 0.3) is 0 Å². The van der Waals surface area contributed by atoms with E-state index in [-0.39, 0.29) is 5.69 Å². The third-order valence-corrected chi connectivity index (χ3v) is 4.02. The first-order valence-electron chi connectivity index (χ1n) is 5.19. The molecule has 1 aliphatic rings. The van der Waals surface area contributed by atoms with Crippen molar-refractivity contribution in [2.24, 2.45) is 0 Å². The van der Waals surface area contributed by atoms with Crippen LogP contribution in [-0.4, -0.2) is 38.5 Å². The lowest BCUT2D eigenvalue weighted by Crippen LogP contribution is -2.23. The van der Waals surface area contributed by atoms with Crippen LogP contribution in [0.5, 0.6) is 11.5 Å². The summed E-state index contributed by atoms with van der Waals surface area (Å²) in [4.78, 5) is 10.4. The van der Waals surface area contributed by atoms with Gasteiger partial charge in [0.2, 0.25) is 10.0 Å². The fourth-order valence-corrected chi connectivity index (χ4v) is 2.96. The van der Waals surface area contributed by atoms with Crippen LogP contribution in [-0.2, 0) is 14.8 Å². The number of sulfonamides is 1. The van der Waals surface area contributed by atoms with Gasteiger partial charge in [-0.25, -0.2) is 8.42 Å². The summed E-state index contributed by atoms with van der Waals surface area (Å²) in [5.74, 6) is -1.53. The van der Waals surface area contributed by atoms with Gasteiger partial charge >= 0.3 is 5.97 Å². The minimum absolute atomic E-state index is 0.200. The zero-order valence-corrected chi connectivity index (χ0v) is 12.0. The van der Waals surface area contributed by atoms with Crippen molar-refractivity contribution in [3.8, 4) is 11.5 Å².